The summed E-state index contributed by atoms with van der Waals surface area (Å²) in [4.78, 5) is 25.3. The maximum atomic E-state index is 11.9. The molecule has 0 aromatic carbocycles. The molecule has 2 fully saturated rings. The molecular formula is C16H29N3O2. The summed E-state index contributed by atoms with van der Waals surface area (Å²) in [6.07, 6.45) is 5.54. The number of hydrogen-bond donors (Lipinski definition) is 2. The fourth-order valence-electron chi connectivity index (χ4n) is 3.38. The maximum Gasteiger partial charge on any atom is 0.222 e. The van der Waals surface area contributed by atoms with Gasteiger partial charge in [0, 0.05) is 32.5 Å². The van der Waals surface area contributed by atoms with Crippen molar-refractivity contribution in [2.45, 2.75) is 45.4 Å². The van der Waals surface area contributed by atoms with Crippen LogP contribution in [0, 0.1) is 11.8 Å². The van der Waals surface area contributed by atoms with Crippen molar-refractivity contribution < 1.29 is 9.59 Å². The van der Waals surface area contributed by atoms with Gasteiger partial charge in [-0.3, -0.25) is 9.59 Å². The van der Waals surface area contributed by atoms with Gasteiger partial charge < -0.3 is 15.5 Å². The monoisotopic (exact) mass is 295 g/mol. The Balaban J connectivity index is 1.55. The van der Waals surface area contributed by atoms with Gasteiger partial charge in [0.05, 0.1) is 0 Å². The van der Waals surface area contributed by atoms with Gasteiger partial charge in [-0.15, -0.1) is 0 Å². The van der Waals surface area contributed by atoms with Crippen molar-refractivity contribution in [1.82, 2.24) is 15.5 Å². The zero-order valence-electron chi connectivity index (χ0n) is 13.2. The molecule has 2 rings (SSSR count). The highest BCUT2D eigenvalue weighted by molar-refractivity contribution is 5.78. The van der Waals surface area contributed by atoms with Crippen LogP contribution >= 0.6 is 0 Å². The Labute approximate surface area is 127 Å². The number of carbonyl (C=O) groups is 2. The van der Waals surface area contributed by atoms with Crippen LogP contribution in [0.15, 0.2) is 0 Å². The Kier molecular flexibility index (Phi) is 6.49. The molecule has 21 heavy (non-hydrogen) atoms. The molecule has 2 amide bonds. The van der Waals surface area contributed by atoms with E-state index in [1.165, 1.54) is 12.8 Å². The van der Waals surface area contributed by atoms with E-state index in [4.69, 9.17) is 0 Å². The van der Waals surface area contributed by atoms with E-state index in [0.717, 1.165) is 39.0 Å². The highest BCUT2D eigenvalue weighted by Crippen LogP contribution is 2.24. The number of nitrogens with zero attached hydrogens (tertiary/aromatic N) is 1. The topological polar surface area (TPSA) is 61.4 Å². The number of nitrogens with one attached hydrogen (secondary N) is 2. The van der Waals surface area contributed by atoms with E-state index in [1.807, 2.05) is 4.90 Å². The summed E-state index contributed by atoms with van der Waals surface area (Å²) in [7, 11) is 0. The number of likely N-dealkylation sites (tertiary alicyclic amines) is 1. The van der Waals surface area contributed by atoms with Gasteiger partial charge >= 0.3 is 0 Å². The van der Waals surface area contributed by atoms with Crippen LogP contribution in [0.25, 0.3) is 0 Å². The van der Waals surface area contributed by atoms with Crippen molar-refractivity contribution in [3.63, 3.8) is 0 Å². The van der Waals surface area contributed by atoms with E-state index in [1.54, 1.807) is 0 Å². The quantitative estimate of drug-likeness (QED) is 0.692. The van der Waals surface area contributed by atoms with Crippen LogP contribution in [-0.4, -0.2) is 49.4 Å². The molecule has 1 unspecified atom stereocenters. The van der Waals surface area contributed by atoms with Crippen molar-refractivity contribution in [2.24, 2.45) is 11.8 Å². The van der Waals surface area contributed by atoms with Crippen molar-refractivity contribution in [2.75, 3.05) is 32.7 Å². The highest BCUT2D eigenvalue weighted by Gasteiger charge is 2.22. The molecule has 1 atom stereocenters. The molecule has 2 aliphatic rings. The normalized spacial score (nSPS) is 21.6. The first-order chi connectivity index (χ1) is 10.2. The molecule has 0 bridgehead atoms. The molecule has 0 saturated carbocycles. The van der Waals surface area contributed by atoms with Crippen molar-refractivity contribution in [1.29, 1.82) is 0 Å². The van der Waals surface area contributed by atoms with E-state index >= 15 is 0 Å². The van der Waals surface area contributed by atoms with Crippen LogP contribution in [0.5, 0.6) is 0 Å². The third kappa shape index (κ3) is 5.30. The molecule has 2 aliphatic heterocycles. The lowest BCUT2D eigenvalue weighted by Crippen LogP contribution is -2.34. The molecule has 120 valence electrons. The number of carbonyl (C=O) groups excluding carboxylic acids is 2. The van der Waals surface area contributed by atoms with Gasteiger partial charge in [0.1, 0.15) is 0 Å². The summed E-state index contributed by atoms with van der Waals surface area (Å²) in [5.74, 6) is 1.57. The Morgan fingerprint density at radius 3 is 2.86 bits per heavy atom. The second kappa shape index (κ2) is 8.37. The highest BCUT2D eigenvalue weighted by atomic mass is 16.2. The van der Waals surface area contributed by atoms with Crippen molar-refractivity contribution in [3.8, 4) is 0 Å². The summed E-state index contributed by atoms with van der Waals surface area (Å²) in [5, 5.41) is 6.36. The molecule has 0 aromatic rings. The fourth-order valence-corrected chi connectivity index (χ4v) is 3.38. The molecule has 5 heteroatoms. The SMILES string of the molecule is CC(CC(=O)NCCCN1CCCC1=O)C1CCNCC1. The second-order valence-corrected chi connectivity index (χ2v) is 6.46. The first kappa shape index (κ1) is 16.3. The van der Waals surface area contributed by atoms with Crippen molar-refractivity contribution in [3.05, 3.63) is 0 Å². The number of hydrogen-bond acceptors (Lipinski definition) is 3. The van der Waals surface area contributed by atoms with Crippen LogP contribution < -0.4 is 10.6 Å². The summed E-state index contributed by atoms with van der Waals surface area (Å²) < 4.78 is 0. The molecule has 2 N–H and O–H groups in total. The molecule has 2 saturated heterocycles. The minimum Gasteiger partial charge on any atom is -0.356 e. The Morgan fingerprint density at radius 2 is 2.19 bits per heavy atom. The first-order valence-electron chi connectivity index (χ1n) is 8.42. The fraction of sp³-hybridized carbons (Fsp3) is 0.875. The number of amides is 2. The zero-order chi connectivity index (χ0) is 15.1. The van der Waals surface area contributed by atoms with Gasteiger partial charge in [0.2, 0.25) is 11.8 Å². The van der Waals surface area contributed by atoms with E-state index in [-0.39, 0.29) is 11.8 Å². The van der Waals surface area contributed by atoms with Gasteiger partial charge in [0.15, 0.2) is 0 Å². The molecular weight excluding hydrogens is 266 g/mol. The first-order valence-corrected chi connectivity index (χ1v) is 8.42. The van der Waals surface area contributed by atoms with Gasteiger partial charge in [-0.1, -0.05) is 6.92 Å². The molecule has 0 aliphatic carbocycles. The summed E-state index contributed by atoms with van der Waals surface area (Å²) in [6, 6.07) is 0. The third-order valence-electron chi connectivity index (χ3n) is 4.79. The standard InChI is InChI=1S/C16H29N3O2/c1-13(14-5-8-17-9-6-14)12-15(20)18-7-3-11-19-10-2-4-16(19)21/h13-14,17H,2-12H2,1H3,(H,18,20). The average molecular weight is 295 g/mol. The predicted octanol–water partition coefficient (Wildman–Crippen LogP) is 1.14. The van der Waals surface area contributed by atoms with Crippen LogP contribution in [0.3, 0.4) is 0 Å². The minimum atomic E-state index is 0.161. The summed E-state index contributed by atoms with van der Waals surface area (Å²) in [5.41, 5.74) is 0. The summed E-state index contributed by atoms with van der Waals surface area (Å²) in [6.45, 7) is 6.71. The summed E-state index contributed by atoms with van der Waals surface area (Å²) >= 11 is 0. The van der Waals surface area contributed by atoms with E-state index in [0.29, 0.717) is 31.2 Å². The minimum absolute atomic E-state index is 0.161. The Hall–Kier alpha value is -1.10. The molecule has 0 spiro atoms. The van der Waals surface area contributed by atoms with E-state index < -0.39 is 0 Å². The number of piperidine rings is 1. The number of rotatable bonds is 7. The van der Waals surface area contributed by atoms with Gasteiger partial charge in [-0.2, -0.15) is 0 Å². The second-order valence-electron chi connectivity index (χ2n) is 6.46. The average Bonchev–Trinajstić information content (AvgIpc) is 2.90. The van der Waals surface area contributed by atoms with Gasteiger partial charge in [-0.25, -0.2) is 0 Å². The van der Waals surface area contributed by atoms with Crippen molar-refractivity contribution >= 4 is 11.8 Å². The van der Waals surface area contributed by atoms with Crippen LogP contribution in [0.2, 0.25) is 0 Å². The smallest absolute Gasteiger partial charge is 0.222 e. The largest absolute Gasteiger partial charge is 0.356 e. The van der Waals surface area contributed by atoms with Crippen LogP contribution in [0.1, 0.15) is 45.4 Å². The Bertz CT molecular complexity index is 353. The van der Waals surface area contributed by atoms with Gasteiger partial charge in [0.25, 0.3) is 0 Å². The molecule has 0 aromatic heterocycles. The maximum absolute atomic E-state index is 11.9. The molecule has 2 heterocycles. The zero-order valence-corrected chi connectivity index (χ0v) is 13.2. The predicted molar refractivity (Wildman–Crippen MR) is 82.8 cm³/mol. The van der Waals surface area contributed by atoms with Crippen LogP contribution in [-0.2, 0) is 9.59 Å². The van der Waals surface area contributed by atoms with E-state index in [9.17, 15) is 9.59 Å². The third-order valence-corrected chi connectivity index (χ3v) is 4.79. The molecule has 0 radical (unpaired) electrons. The Morgan fingerprint density at radius 1 is 1.43 bits per heavy atom. The van der Waals surface area contributed by atoms with E-state index in [2.05, 4.69) is 17.6 Å². The molecule has 5 nitrogen and oxygen atoms in total. The van der Waals surface area contributed by atoms with Crippen LogP contribution in [0.4, 0.5) is 0 Å². The lowest BCUT2D eigenvalue weighted by Gasteiger charge is -2.27. The van der Waals surface area contributed by atoms with Gasteiger partial charge in [-0.05, 0) is 50.6 Å². The lowest BCUT2D eigenvalue weighted by molar-refractivity contribution is -0.127. The lowest BCUT2D eigenvalue weighted by atomic mass is 9.84.